The van der Waals surface area contributed by atoms with Gasteiger partial charge in [0.25, 0.3) is 10.1 Å². The molecule has 0 fully saturated rings. The lowest BCUT2D eigenvalue weighted by atomic mass is 10.1. The minimum atomic E-state index is -4.03. The summed E-state index contributed by atoms with van der Waals surface area (Å²) in [5, 5.41) is 0. The van der Waals surface area contributed by atoms with Gasteiger partial charge in [-0.3, -0.25) is 4.55 Å². The molecule has 0 amide bonds. The fourth-order valence-electron chi connectivity index (χ4n) is 1.12. The molecule has 0 spiro atoms. The van der Waals surface area contributed by atoms with Gasteiger partial charge in [0.2, 0.25) is 0 Å². The molecule has 0 aliphatic heterocycles. The van der Waals surface area contributed by atoms with Crippen LogP contribution in [0.4, 0.5) is 0 Å². The van der Waals surface area contributed by atoms with E-state index in [0.717, 1.165) is 18.4 Å². The number of benzene rings is 1. The van der Waals surface area contributed by atoms with Gasteiger partial charge in [-0.05, 0) is 24.1 Å². The second-order valence-electron chi connectivity index (χ2n) is 2.87. The normalized spacial score (nSPS) is 10.7. The first-order valence-corrected chi connectivity index (χ1v) is 5.54. The van der Waals surface area contributed by atoms with Gasteiger partial charge in [0.1, 0.15) is 0 Å². The molecule has 0 aliphatic rings. The number of hydrogen-bond acceptors (Lipinski definition) is 3. The van der Waals surface area contributed by atoms with E-state index in [1.807, 2.05) is 0 Å². The lowest BCUT2D eigenvalue weighted by Gasteiger charge is -1.99. The van der Waals surface area contributed by atoms with Crippen LogP contribution in [-0.4, -0.2) is 13.0 Å². The van der Waals surface area contributed by atoms with Crippen LogP contribution in [0.3, 0.4) is 0 Å². The number of aryl methyl sites for hydroxylation is 1. The van der Waals surface area contributed by atoms with Gasteiger partial charge in [-0.2, -0.15) is 8.42 Å². The van der Waals surface area contributed by atoms with Gasteiger partial charge in [-0.25, -0.2) is 0 Å². The molecule has 0 aliphatic carbocycles. The summed E-state index contributed by atoms with van der Waals surface area (Å²) < 4.78 is 30.0. The Morgan fingerprint density at radius 3 is 2.07 bits per heavy atom. The van der Waals surface area contributed by atoms with Gasteiger partial charge >= 0.3 is 0 Å². The van der Waals surface area contributed by atoms with E-state index in [2.05, 4.69) is 6.92 Å². The summed E-state index contributed by atoms with van der Waals surface area (Å²) in [5.74, 6) is 0. The SMILES string of the molecule is CCCc1ccc(S(=O)(=O)O)cc1.N. The van der Waals surface area contributed by atoms with E-state index in [9.17, 15) is 8.42 Å². The zero-order valence-corrected chi connectivity index (χ0v) is 8.92. The fourth-order valence-corrected chi connectivity index (χ4v) is 1.60. The summed E-state index contributed by atoms with van der Waals surface area (Å²) in [7, 11) is -4.03. The molecule has 1 aromatic carbocycles. The molecule has 5 heteroatoms. The first-order valence-electron chi connectivity index (χ1n) is 4.10. The highest BCUT2D eigenvalue weighted by Gasteiger charge is 2.07. The molecule has 0 heterocycles. The van der Waals surface area contributed by atoms with E-state index in [-0.39, 0.29) is 11.0 Å². The Labute approximate surface area is 84.3 Å². The van der Waals surface area contributed by atoms with Crippen molar-refractivity contribution < 1.29 is 13.0 Å². The van der Waals surface area contributed by atoms with Gasteiger partial charge < -0.3 is 6.15 Å². The summed E-state index contributed by atoms with van der Waals surface area (Å²) in [6, 6.07) is 6.26. The van der Waals surface area contributed by atoms with Crippen molar-refractivity contribution in [2.45, 2.75) is 24.7 Å². The zero-order chi connectivity index (χ0) is 9.90. The van der Waals surface area contributed by atoms with Crippen molar-refractivity contribution in [1.82, 2.24) is 6.15 Å². The lowest BCUT2D eigenvalue weighted by molar-refractivity contribution is 0.483. The highest BCUT2D eigenvalue weighted by atomic mass is 32.2. The minimum absolute atomic E-state index is 0. The van der Waals surface area contributed by atoms with E-state index < -0.39 is 10.1 Å². The van der Waals surface area contributed by atoms with Crippen molar-refractivity contribution in [2.75, 3.05) is 0 Å². The maximum atomic E-state index is 10.7. The van der Waals surface area contributed by atoms with E-state index in [1.165, 1.54) is 12.1 Å². The Bertz CT molecular complexity index is 370. The highest BCUT2D eigenvalue weighted by molar-refractivity contribution is 7.85. The predicted octanol–water partition coefficient (Wildman–Crippen LogP) is 2.05. The molecule has 0 unspecified atom stereocenters. The molecule has 0 saturated heterocycles. The van der Waals surface area contributed by atoms with Crippen molar-refractivity contribution in [2.24, 2.45) is 0 Å². The molecule has 0 atom stereocenters. The predicted molar refractivity (Wildman–Crippen MR) is 55.3 cm³/mol. The maximum absolute atomic E-state index is 10.7. The molecule has 4 N–H and O–H groups in total. The smallest absolute Gasteiger partial charge is 0.294 e. The Morgan fingerprint density at radius 2 is 1.71 bits per heavy atom. The zero-order valence-electron chi connectivity index (χ0n) is 8.10. The molecule has 0 saturated carbocycles. The van der Waals surface area contributed by atoms with Gasteiger partial charge in [-0.1, -0.05) is 25.5 Å². The minimum Gasteiger partial charge on any atom is -0.344 e. The van der Waals surface area contributed by atoms with Gasteiger partial charge in [0.05, 0.1) is 4.90 Å². The van der Waals surface area contributed by atoms with Crippen LogP contribution in [-0.2, 0) is 16.5 Å². The third-order valence-corrected chi connectivity index (χ3v) is 2.63. The third-order valence-electron chi connectivity index (χ3n) is 1.76. The monoisotopic (exact) mass is 217 g/mol. The topological polar surface area (TPSA) is 89.4 Å². The molecule has 1 aromatic rings. The molecular weight excluding hydrogens is 202 g/mol. The number of hydrogen-bond donors (Lipinski definition) is 2. The molecule has 80 valence electrons. The molecule has 0 bridgehead atoms. The first kappa shape index (κ1) is 13.1. The van der Waals surface area contributed by atoms with Gasteiger partial charge in [-0.15, -0.1) is 0 Å². The van der Waals surface area contributed by atoms with Gasteiger partial charge in [0, 0.05) is 0 Å². The van der Waals surface area contributed by atoms with Gasteiger partial charge in [0.15, 0.2) is 0 Å². The molecule has 0 radical (unpaired) electrons. The highest BCUT2D eigenvalue weighted by Crippen LogP contribution is 2.10. The lowest BCUT2D eigenvalue weighted by Crippen LogP contribution is -1.97. The number of rotatable bonds is 3. The van der Waals surface area contributed by atoms with Crippen molar-refractivity contribution in [3.05, 3.63) is 29.8 Å². The second kappa shape index (κ2) is 5.09. The maximum Gasteiger partial charge on any atom is 0.294 e. The van der Waals surface area contributed by atoms with E-state index in [4.69, 9.17) is 4.55 Å². The second-order valence-corrected chi connectivity index (χ2v) is 4.29. The first-order chi connectivity index (χ1) is 6.04. The molecule has 14 heavy (non-hydrogen) atoms. The third kappa shape index (κ3) is 3.45. The molecule has 4 nitrogen and oxygen atoms in total. The van der Waals surface area contributed by atoms with Crippen molar-refractivity contribution in [3.63, 3.8) is 0 Å². The Kier molecular flexibility index (Phi) is 4.76. The van der Waals surface area contributed by atoms with Crippen LogP contribution < -0.4 is 6.15 Å². The van der Waals surface area contributed by atoms with E-state index >= 15 is 0 Å². The summed E-state index contributed by atoms with van der Waals surface area (Å²) in [6.07, 6.45) is 1.94. The molecule has 0 aromatic heterocycles. The standard InChI is InChI=1S/C9H12O3S.H3N/c1-2-3-8-4-6-9(7-5-8)13(10,11)12;/h4-7H,2-3H2,1H3,(H,10,11,12);1H3. The average Bonchev–Trinajstić information content (AvgIpc) is 2.04. The van der Waals surface area contributed by atoms with Crippen LogP contribution >= 0.6 is 0 Å². The van der Waals surface area contributed by atoms with Crippen LogP contribution in [0.5, 0.6) is 0 Å². The Hall–Kier alpha value is -0.910. The Balaban J connectivity index is 0.00000169. The van der Waals surface area contributed by atoms with Crippen LogP contribution in [0.1, 0.15) is 18.9 Å². The quantitative estimate of drug-likeness (QED) is 0.758. The summed E-state index contributed by atoms with van der Waals surface area (Å²) in [4.78, 5) is -0.0487. The summed E-state index contributed by atoms with van der Waals surface area (Å²) in [5.41, 5.74) is 1.08. The molecule has 1 rings (SSSR count). The van der Waals surface area contributed by atoms with Crippen LogP contribution in [0, 0.1) is 0 Å². The largest absolute Gasteiger partial charge is 0.344 e. The molecular formula is C9H15NO3S. The average molecular weight is 217 g/mol. The summed E-state index contributed by atoms with van der Waals surface area (Å²) >= 11 is 0. The van der Waals surface area contributed by atoms with Crippen LogP contribution in [0.25, 0.3) is 0 Å². The summed E-state index contributed by atoms with van der Waals surface area (Å²) in [6.45, 7) is 2.05. The van der Waals surface area contributed by atoms with E-state index in [1.54, 1.807) is 12.1 Å². The fraction of sp³-hybridized carbons (Fsp3) is 0.333. The van der Waals surface area contributed by atoms with Crippen LogP contribution in [0.15, 0.2) is 29.2 Å². The van der Waals surface area contributed by atoms with Crippen molar-refractivity contribution >= 4 is 10.1 Å². The van der Waals surface area contributed by atoms with E-state index in [0.29, 0.717) is 0 Å². The van der Waals surface area contributed by atoms with Crippen molar-refractivity contribution in [3.8, 4) is 0 Å². The van der Waals surface area contributed by atoms with Crippen molar-refractivity contribution in [1.29, 1.82) is 0 Å². The Morgan fingerprint density at radius 1 is 1.21 bits per heavy atom. The van der Waals surface area contributed by atoms with Crippen LogP contribution in [0.2, 0.25) is 0 Å².